The third-order valence-corrected chi connectivity index (χ3v) is 7.85. The lowest BCUT2D eigenvalue weighted by molar-refractivity contribution is -0.174. The fourth-order valence-corrected chi connectivity index (χ4v) is 5.39. The highest BCUT2D eigenvalue weighted by Gasteiger charge is 2.44. The van der Waals surface area contributed by atoms with Crippen LogP contribution in [0.2, 0.25) is 0 Å². The van der Waals surface area contributed by atoms with E-state index < -0.39 is 83.8 Å². The second-order valence-corrected chi connectivity index (χ2v) is 11.9. The van der Waals surface area contributed by atoms with E-state index in [0.29, 0.717) is 6.42 Å². The quantitative estimate of drug-likeness (QED) is 0.0940. The number of fused-ring (bicyclic) bond motifs is 2. The molecule has 2 aromatic rings. The minimum absolute atomic E-state index is 0.00256. The highest BCUT2D eigenvalue weighted by atomic mass is 19.4. The van der Waals surface area contributed by atoms with Gasteiger partial charge in [0.15, 0.2) is 40.5 Å². The molecule has 15 heteroatoms. The molecule has 2 aromatic carbocycles. The molecule has 0 heterocycles. The molecule has 0 bridgehead atoms. The van der Waals surface area contributed by atoms with Gasteiger partial charge in [-0.3, -0.25) is 33.6 Å². The predicted octanol–water partition coefficient (Wildman–Crippen LogP) is 6.43. The first-order valence-corrected chi connectivity index (χ1v) is 15.6. The minimum Gasteiger partial charge on any atom is -0.372 e. The van der Waals surface area contributed by atoms with Gasteiger partial charge in [-0.2, -0.15) is 26.3 Å². The van der Waals surface area contributed by atoms with Crippen molar-refractivity contribution in [2.24, 2.45) is 17.8 Å². The van der Waals surface area contributed by atoms with Crippen molar-refractivity contribution in [2.45, 2.75) is 58.8 Å². The van der Waals surface area contributed by atoms with Gasteiger partial charge in [0.05, 0.1) is 0 Å². The van der Waals surface area contributed by atoms with Gasteiger partial charge >= 0.3 is 12.4 Å². The number of alkyl halides is 6. The molecule has 9 nitrogen and oxygen atoms in total. The van der Waals surface area contributed by atoms with E-state index in [1.807, 2.05) is 0 Å². The number of hydrogen-bond acceptors (Lipinski definition) is 9. The van der Waals surface area contributed by atoms with E-state index in [9.17, 15) is 59.9 Å². The minimum atomic E-state index is -4.47. The molecule has 2 aliphatic rings. The Balaban J connectivity index is 0.000000661. The molecule has 0 radical (unpaired) electrons. The topological polar surface area (TPSA) is 138 Å². The van der Waals surface area contributed by atoms with Gasteiger partial charge in [0.2, 0.25) is 0 Å². The first-order chi connectivity index (χ1) is 23.3. The van der Waals surface area contributed by atoms with Crippen LogP contribution >= 0.6 is 0 Å². The van der Waals surface area contributed by atoms with Crippen LogP contribution < -0.4 is 0 Å². The predicted molar refractivity (Wildman–Crippen MR) is 163 cm³/mol. The van der Waals surface area contributed by atoms with Crippen LogP contribution in [0.1, 0.15) is 104 Å². The molecule has 4 rings (SSSR count). The van der Waals surface area contributed by atoms with Crippen LogP contribution in [-0.2, 0) is 19.1 Å². The van der Waals surface area contributed by atoms with Gasteiger partial charge in [-0.1, -0.05) is 32.9 Å². The van der Waals surface area contributed by atoms with E-state index in [0.717, 1.165) is 0 Å². The number of ketones is 7. The molecule has 0 amide bonds. The zero-order valence-electron chi connectivity index (χ0n) is 27.3. The largest absolute Gasteiger partial charge is 0.411 e. The Morgan fingerprint density at radius 1 is 0.660 bits per heavy atom. The maximum atomic E-state index is 13.2. The number of halogens is 6. The van der Waals surface area contributed by atoms with Crippen LogP contribution in [0.25, 0.3) is 0 Å². The Morgan fingerprint density at radius 2 is 1.08 bits per heavy atom. The zero-order chi connectivity index (χ0) is 37.6. The number of ether oxygens (including phenoxy) is 2. The number of benzene rings is 2. The van der Waals surface area contributed by atoms with Gasteiger partial charge in [0.25, 0.3) is 0 Å². The lowest BCUT2D eigenvalue weighted by Gasteiger charge is -2.13. The Bertz CT molecular complexity index is 1680. The van der Waals surface area contributed by atoms with Gasteiger partial charge in [-0.15, -0.1) is 0 Å². The molecular weight excluding hydrogens is 678 g/mol. The Morgan fingerprint density at radius 3 is 1.50 bits per heavy atom. The summed E-state index contributed by atoms with van der Waals surface area (Å²) in [5.41, 5.74) is -0.0891. The van der Waals surface area contributed by atoms with Crippen LogP contribution in [0.3, 0.4) is 0 Å². The van der Waals surface area contributed by atoms with Gasteiger partial charge in [0.1, 0.15) is 25.0 Å². The lowest BCUT2D eigenvalue weighted by Crippen LogP contribution is -2.27. The molecule has 50 heavy (non-hydrogen) atoms. The smallest absolute Gasteiger partial charge is 0.372 e. The number of carbonyl (C=O) groups excluding carboxylic acids is 7. The summed E-state index contributed by atoms with van der Waals surface area (Å²) in [7, 11) is 0. The second-order valence-electron chi connectivity index (χ2n) is 11.9. The maximum absolute atomic E-state index is 13.2. The summed E-state index contributed by atoms with van der Waals surface area (Å²) in [6, 6.07) is 7.64. The summed E-state index contributed by atoms with van der Waals surface area (Å²) in [6.45, 7) is 2.29. The molecule has 0 saturated heterocycles. The summed E-state index contributed by atoms with van der Waals surface area (Å²) in [6.07, 6.45) is -8.12. The van der Waals surface area contributed by atoms with Crippen molar-refractivity contribution in [1.82, 2.24) is 0 Å². The highest BCUT2D eigenvalue weighted by Crippen LogP contribution is 2.33. The summed E-state index contributed by atoms with van der Waals surface area (Å²) >= 11 is 0. The molecule has 0 fully saturated rings. The van der Waals surface area contributed by atoms with Crippen molar-refractivity contribution < 1.29 is 69.4 Å². The first kappa shape index (κ1) is 40.1. The van der Waals surface area contributed by atoms with Crippen LogP contribution in [-0.4, -0.2) is 79.3 Å². The molecule has 0 N–H and O–H groups in total. The lowest BCUT2D eigenvalue weighted by atomic mass is 9.90. The van der Waals surface area contributed by atoms with Crippen LogP contribution in [0, 0.1) is 17.8 Å². The SMILES string of the molecule is CCC(=O)C1C(=O)c2ccc(C(=O)c3ccc4c(c3)C(=O)C(C(=O)CC(C)CCOCC(F)(F)F)C4=O)cc2C1=O.CCCOCC(F)(F)F. The standard InChI is InChI=1S/C30H25F3O8.C5H9F3O/c1-3-21(34)23-26(37)17-6-4-15(11-19(17)28(23)39)25(36)16-5-7-18-20(12-16)29(40)24(27(18)38)22(35)10-14(2)8-9-41-13-30(31,32)33;1-2-3-9-4-5(6,7)8/h4-7,11-12,14,23-24H,3,8-10,13H2,1-2H3;2-4H2,1H3. The average molecular weight is 713 g/mol. The van der Waals surface area contributed by atoms with E-state index >= 15 is 0 Å². The molecule has 0 spiro atoms. The van der Waals surface area contributed by atoms with Crippen molar-refractivity contribution in [1.29, 1.82) is 0 Å². The van der Waals surface area contributed by atoms with Crippen molar-refractivity contribution in [3.8, 4) is 0 Å². The van der Waals surface area contributed by atoms with Gasteiger partial charge in [-0.05, 0) is 43.0 Å². The van der Waals surface area contributed by atoms with Gasteiger partial charge in [0, 0.05) is 59.4 Å². The molecular formula is C35H34F6O9. The Labute approximate surface area is 282 Å². The van der Waals surface area contributed by atoms with Crippen molar-refractivity contribution in [2.75, 3.05) is 26.4 Å². The summed E-state index contributed by atoms with van der Waals surface area (Å²) < 4.78 is 79.2. The molecule has 3 unspecified atom stereocenters. The molecule has 2 aliphatic carbocycles. The van der Waals surface area contributed by atoms with E-state index in [2.05, 4.69) is 9.47 Å². The summed E-state index contributed by atoms with van der Waals surface area (Å²) in [5, 5.41) is 0. The van der Waals surface area contributed by atoms with E-state index in [-0.39, 0.29) is 65.9 Å². The highest BCUT2D eigenvalue weighted by molar-refractivity contribution is 6.37. The number of Topliss-reactive ketones (excluding diaryl/α,β-unsaturated/α-hetero) is 6. The molecule has 0 aromatic heterocycles. The Hall–Kier alpha value is -4.37. The molecule has 270 valence electrons. The second kappa shape index (κ2) is 16.6. The van der Waals surface area contributed by atoms with Crippen molar-refractivity contribution >= 4 is 40.5 Å². The third-order valence-electron chi connectivity index (χ3n) is 7.85. The van der Waals surface area contributed by atoms with Crippen molar-refractivity contribution in [3.05, 3.63) is 69.8 Å². The van der Waals surface area contributed by atoms with Crippen molar-refractivity contribution in [3.63, 3.8) is 0 Å². The van der Waals surface area contributed by atoms with Crippen LogP contribution in [0.5, 0.6) is 0 Å². The third kappa shape index (κ3) is 9.87. The number of carbonyl (C=O) groups is 7. The monoisotopic (exact) mass is 712 g/mol. The molecule has 3 atom stereocenters. The van der Waals surface area contributed by atoms with Gasteiger partial charge in [-0.25, -0.2) is 0 Å². The van der Waals surface area contributed by atoms with Crippen LogP contribution in [0.15, 0.2) is 36.4 Å². The van der Waals surface area contributed by atoms with E-state index in [4.69, 9.17) is 0 Å². The summed E-state index contributed by atoms with van der Waals surface area (Å²) in [4.78, 5) is 89.4. The van der Waals surface area contributed by atoms with E-state index in [1.54, 1.807) is 13.8 Å². The van der Waals surface area contributed by atoms with Gasteiger partial charge < -0.3 is 9.47 Å². The summed E-state index contributed by atoms with van der Waals surface area (Å²) in [5.74, 6) is -8.06. The fraction of sp³-hybridized carbons (Fsp3) is 0.457. The first-order valence-electron chi connectivity index (χ1n) is 15.6. The fourth-order valence-electron chi connectivity index (χ4n) is 5.39. The van der Waals surface area contributed by atoms with E-state index in [1.165, 1.54) is 43.3 Å². The Kier molecular flexibility index (Phi) is 13.3. The van der Waals surface area contributed by atoms with Crippen LogP contribution in [0.4, 0.5) is 26.3 Å². The zero-order valence-corrected chi connectivity index (χ0v) is 27.3. The molecule has 0 saturated carbocycles. The maximum Gasteiger partial charge on any atom is 0.411 e. The molecule has 0 aliphatic heterocycles. The number of rotatable bonds is 14. The average Bonchev–Trinajstić information content (AvgIpc) is 3.44. The normalized spacial score (nSPS) is 17.6. The number of hydrogen-bond donors (Lipinski definition) is 0.